The van der Waals surface area contributed by atoms with E-state index in [1.54, 1.807) is 11.1 Å². The summed E-state index contributed by atoms with van der Waals surface area (Å²) in [6.45, 7) is 2.94. The molecular weight excluding hydrogens is 318 g/mol. The monoisotopic (exact) mass is 341 g/mol. The number of likely N-dealkylation sites (tertiary alicyclic amines) is 1. The summed E-state index contributed by atoms with van der Waals surface area (Å²) in [7, 11) is 0. The highest BCUT2D eigenvalue weighted by molar-refractivity contribution is 5.95. The van der Waals surface area contributed by atoms with Gasteiger partial charge in [-0.15, -0.1) is 0 Å². The Morgan fingerprint density at radius 3 is 2.72 bits per heavy atom. The number of nitrogens with zero attached hydrogens (tertiary/aromatic N) is 3. The predicted molar refractivity (Wildman–Crippen MR) is 93.8 cm³/mol. The molecule has 0 spiro atoms. The van der Waals surface area contributed by atoms with Crippen LogP contribution in [0.3, 0.4) is 0 Å². The number of carboxylic acids is 1. The van der Waals surface area contributed by atoms with E-state index in [1.807, 2.05) is 35.0 Å². The van der Waals surface area contributed by atoms with E-state index < -0.39 is 11.9 Å². The fourth-order valence-electron chi connectivity index (χ4n) is 3.36. The average Bonchev–Trinajstić information content (AvgIpc) is 3.06. The maximum absolute atomic E-state index is 13.0. The number of hydrogen-bond donors (Lipinski definition) is 1. The predicted octanol–water partition coefficient (Wildman–Crippen LogP) is 2.76. The van der Waals surface area contributed by atoms with E-state index in [-0.39, 0.29) is 12.5 Å². The van der Waals surface area contributed by atoms with Crippen LogP contribution in [-0.4, -0.2) is 44.8 Å². The van der Waals surface area contributed by atoms with Gasteiger partial charge in [0.1, 0.15) is 0 Å². The topological polar surface area (TPSA) is 75.4 Å². The number of hydrogen-bond acceptors (Lipinski definition) is 3. The first kappa shape index (κ1) is 17.2. The normalized spacial score (nSPS) is 17.5. The quantitative estimate of drug-likeness (QED) is 0.907. The van der Waals surface area contributed by atoms with Crippen molar-refractivity contribution in [3.8, 4) is 5.69 Å². The molecule has 0 radical (unpaired) electrons. The summed E-state index contributed by atoms with van der Waals surface area (Å²) in [5, 5.41) is 13.7. The van der Waals surface area contributed by atoms with Crippen molar-refractivity contribution in [3.63, 3.8) is 0 Å². The van der Waals surface area contributed by atoms with Crippen molar-refractivity contribution in [2.24, 2.45) is 5.92 Å². The summed E-state index contributed by atoms with van der Waals surface area (Å²) in [4.78, 5) is 25.9. The van der Waals surface area contributed by atoms with Gasteiger partial charge < -0.3 is 10.0 Å². The summed E-state index contributed by atoms with van der Waals surface area (Å²) in [6.07, 6.45) is 4.61. The first-order chi connectivity index (χ1) is 12.1. The third kappa shape index (κ3) is 3.57. The highest BCUT2D eigenvalue weighted by atomic mass is 16.4. The molecule has 0 unspecified atom stereocenters. The highest BCUT2D eigenvalue weighted by Gasteiger charge is 2.30. The molecule has 1 atom stereocenters. The van der Waals surface area contributed by atoms with Crippen molar-refractivity contribution in [1.82, 2.24) is 14.7 Å². The molecule has 0 aliphatic carbocycles. The Morgan fingerprint density at radius 2 is 2.04 bits per heavy atom. The Labute approximate surface area is 147 Å². The molecule has 25 heavy (non-hydrogen) atoms. The molecule has 6 heteroatoms. The molecule has 1 aromatic heterocycles. The lowest BCUT2D eigenvalue weighted by atomic mass is 9.97. The van der Waals surface area contributed by atoms with Gasteiger partial charge >= 0.3 is 5.97 Å². The standard InChI is InChI=1S/C19H23N3O3/c1-2-7-17-16(12-20-22(17)15-9-4-3-5-10-15)18(23)21-11-6-8-14(13-21)19(24)25/h3-5,9-10,12,14H,2,6-8,11,13H2,1H3,(H,24,25)/t14-/m0/s1. The number of piperidine rings is 1. The Morgan fingerprint density at radius 1 is 1.28 bits per heavy atom. The lowest BCUT2D eigenvalue weighted by Crippen LogP contribution is -2.42. The third-order valence-corrected chi connectivity index (χ3v) is 4.64. The molecular formula is C19H23N3O3. The Balaban J connectivity index is 1.90. The van der Waals surface area contributed by atoms with Crippen LogP contribution in [0.1, 0.15) is 42.2 Å². The molecule has 1 amide bonds. The zero-order chi connectivity index (χ0) is 17.8. The summed E-state index contributed by atoms with van der Waals surface area (Å²) >= 11 is 0. The second-order valence-electron chi connectivity index (χ2n) is 6.43. The summed E-state index contributed by atoms with van der Waals surface area (Å²) < 4.78 is 1.81. The lowest BCUT2D eigenvalue weighted by molar-refractivity contribution is -0.143. The van der Waals surface area contributed by atoms with Crippen molar-refractivity contribution in [2.75, 3.05) is 13.1 Å². The van der Waals surface area contributed by atoms with Crippen LogP contribution in [0.25, 0.3) is 5.69 Å². The molecule has 6 nitrogen and oxygen atoms in total. The van der Waals surface area contributed by atoms with Crippen LogP contribution in [0.15, 0.2) is 36.5 Å². The Kier molecular flexibility index (Phi) is 5.16. The van der Waals surface area contributed by atoms with Gasteiger partial charge in [0.25, 0.3) is 5.91 Å². The van der Waals surface area contributed by atoms with Crippen molar-refractivity contribution < 1.29 is 14.7 Å². The molecule has 2 aromatic rings. The van der Waals surface area contributed by atoms with Gasteiger partial charge in [-0.25, -0.2) is 4.68 Å². The minimum atomic E-state index is -0.828. The number of para-hydroxylation sites is 1. The molecule has 1 N–H and O–H groups in total. The van der Waals surface area contributed by atoms with E-state index in [9.17, 15) is 14.7 Å². The largest absolute Gasteiger partial charge is 0.481 e. The van der Waals surface area contributed by atoms with Gasteiger partial charge in [-0.3, -0.25) is 9.59 Å². The smallest absolute Gasteiger partial charge is 0.308 e. The zero-order valence-corrected chi connectivity index (χ0v) is 14.4. The number of aliphatic carboxylic acids is 1. The second kappa shape index (κ2) is 7.51. The minimum absolute atomic E-state index is 0.114. The maximum Gasteiger partial charge on any atom is 0.308 e. The molecule has 3 rings (SSSR count). The Bertz CT molecular complexity index is 755. The summed E-state index contributed by atoms with van der Waals surface area (Å²) in [5.74, 6) is -1.42. The van der Waals surface area contributed by atoms with Crippen LogP contribution >= 0.6 is 0 Å². The second-order valence-corrected chi connectivity index (χ2v) is 6.43. The van der Waals surface area contributed by atoms with Crippen molar-refractivity contribution >= 4 is 11.9 Å². The van der Waals surface area contributed by atoms with Crippen LogP contribution < -0.4 is 0 Å². The van der Waals surface area contributed by atoms with Gasteiger partial charge in [-0.05, 0) is 31.4 Å². The number of carboxylic acid groups (broad SMARTS) is 1. The van der Waals surface area contributed by atoms with Crippen molar-refractivity contribution in [1.29, 1.82) is 0 Å². The van der Waals surface area contributed by atoms with E-state index in [2.05, 4.69) is 12.0 Å². The molecule has 1 fully saturated rings. The van der Waals surface area contributed by atoms with Gasteiger partial charge in [0.15, 0.2) is 0 Å². The SMILES string of the molecule is CCCc1c(C(=O)N2CCC[C@H](C(=O)O)C2)cnn1-c1ccccc1. The summed E-state index contributed by atoms with van der Waals surface area (Å²) in [5.41, 5.74) is 2.39. The number of carbonyl (C=O) groups is 2. The van der Waals surface area contributed by atoms with E-state index in [0.29, 0.717) is 18.5 Å². The number of carbonyl (C=O) groups excluding carboxylic acids is 1. The van der Waals surface area contributed by atoms with Gasteiger partial charge in [-0.1, -0.05) is 31.5 Å². The number of rotatable bonds is 5. The molecule has 1 aliphatic rings. The fourth-order valence-corrected chi connectivity index (χ4v) is 3.36. The van der Waals surface area contributed by atoms with Crippen molar-refractivity contribution in [2.45, 2.75) is 32.6 Å². The minimum Gasteiger partial charge on any atom is -0.481 e. The number of amides is 1. The average molecular weight is 341 g/mol. The maximum atomic E-state index is 13.0. The number of benzene rings is 1. The van der Waals surface area contributed by atoms with Gasteiger partial charge in [0.05, 0.1) is 29.1 Å². The van der Waals surface area contributed by atoms with E-state index >= 15 is 0 Å². The van der Waals surface area contributed by atoms with Crippen LogP contribution in [0.2, 0.25) is 0 Å². The first-order valence-electron chi connectivity index (χ1n) is 8.76. The van der Waals surface area contributed by atoms with E-state index in [1.165, 1.54) is 0 Å². The first-order valence-corrected chi connectivity index (χ1v) is 8.76. The van der Waals surface area contributed by atoms with E-state index in [4.69, 9.17) is 0 Å². The van der Waals surface area contributed by atoms with Gasteiger partial charge in [0.2, 0.25) is 0 Å². The third-order valence-electron chi connectivity index (χ3n) is 4.64. The molecule has 1 aliphatic heterocycles. The molecule has 132 valence electrons. The van der Waals surface area contributed by atoms with Crippen molar-refractivity contribution in [3.05, 3.63) is 47.8 Å². The van der Waals surface area contributed by atoms with Crippen LogP contribution in [0.5, 0.6) is 0 Å². The molecule has 0 bridgehead atoms. The Hall–Kier alpha value is -2.63. The molecule has 1 aromatic carbocycles. The molecule has 2 heterocycles. The number of aromatic nitrogens is 2. The van der Waals surface area contributed by atoms with E-state index in [0.717, 1.165) is 30.6 Å². The highest BCUT2D eigenvalue weighted by Crippen LogP contribution is 2.22. The molecule has 0 saturated carbocycles. The summed E-state index contributed by atoms with van der Waals surface area (Å²) in [6, 6.07) is 9.74. The lowest BCUT2D eigenvalue weighted by Gasteiger charge is -2.30. The van der Waals surface area contributed by atoms with Gasteiger partial charge in [0, 0.05) is 13.1 Å². The van der Waals surface area contributed by atoms with Gasteiger partial charge in [-0.2, -0.15) is 5.10 Å². The van der Waals surface area contributed by atoms with Crippen LogP contribution in [0, 0.1) is 5.92 Å². The van der Waals surface area contributed by atoms with Crippen LogP contribution in [-0.2, 0) is 11.2 Å². The zero-order valence-electron chi connectivity index (χ0n) is 14.4. The molecule has 1 saturated heterocycles. The fraction of sp³-hybridized carbons (Fsp3) is 0.421. The van der Waals surface area contributed by atoms with Crippen LogP contribution in [0.4, 0.5) is 0 Å².